The third-order valence-electron chi connectivity index (χ3n) is 3.96. The van der Waals surface area contributed by atoms with E-state index in [1.54, 1.807) is 0 Å². The van der Waals surface area contributed by atoms with Crippen molar-refractivity contribution < 1.29 is 4.74 Å². The summed E-state index contributed by atoms with van der Waals surface area (Å²) in [6, 6.07) is 11.4. The van der Waals surface area contributed by atoms with E-state index in [-0.39, 0.29) is 0 Å². The van der Waals surface area contributed by atoms with Crippen LogP contribution in [0.1, 0.15) is 46.3 Å². The summed E-state index contributed by atoms with van der Waals surface area (Å²) in [7, 11) is 0. The van der Waals surface area contributed by atoms with Gasteiger partial charge in [-0.2, -0.15) is 0 Å². The highest BCUT2D eigenvalue weighted by molar-refractivity contribution is 7.12. The third kappa shape index (κ3) is 2.60. The maximum atomic E-state index is 5.73. The van der Waals surface area contributed by atoms with Gasteiger partial charge in [-0.05, 0) is 38.5 Å². The molecule has 20 heavy (non-hydrogen) atoms. The van der Waals surface area contributed by atoms with Crippen LogP contribution in [0.25, 0.3) is 0 Å². The van der Waals surface area contributed by atoms with Crippen molar-refractivity contribution in [1.82, 2.24) is 5.32 Å². The zero-order valence-electron chi connectivity index (χ0n) is 12.3. The highest BCUT2D eigenvalue weighted by Crippen LogP contribution is 2.34. The van der Waals surface area contributed by atoms with Crippen molar-refractivity contribution in [2.24, 2.45) is 0 Å². The van der Waals surface area contributed by atoms with E-state index in [1.165, 1.54) is 20.9 Å². The molecule has 1 aromatic carbocycles. The summed E-state index contributed by atoms with van der Waals surface area (Å²) in [5.41, 5.74) is 2.71. The molecular weight excluding hydrogens is 266 g/mol. The molecule has 2 aromatic rings. The first-order valence-corrected chi connectivity index (χ1v) is 8.01. The molecule has 0 amide bonds. The van der Waals surface area contributed by atoms with E-state index in [0.717, 1.165) is 18.8 Å². The molecule has 106 valence electrons. The van der Waals surface area contributed by atoms with Crippen LogP contribution in [-0.2, 0) is 0 Å². The third-order valence-corrected chi connectivity index (χ3v) is 4.94. The minimum absolute atomic E-state index is 0.371. The van der Waals surface area contributed by atoms with Crippen molar-refractivity contribution in [2.75, 3.05) is 6.61 Å². The first-order chi connectivity index (χ1) is 9.65. The number of hydrogen-bond acceptors (Lipinski definition) is 3. The van der Waals surface area contributed by atoms with Crippen LogP contribution in [0.15, 0.2) is 30.3 Å². The number of thiophene rings is 1. The monoisotopic (exact) mass is 287 g/mol. The Hall–Kier alpha value is -1.32. The predicted octanol–water partition coefficient (Wildman–Crippen LogP) is 4.54. The van der Waals surface area contributed by atoms with Gasteiger partial charge in [-0.1, -0.05) is 18.2 Å². The maximum absolute atomic E-state index is 5.73. The second-order valence-corrected chi connectivity index (χ2v) is 6.94. The van der Waals surface area contributed by atoms with E-state index in [1.807, 2.05) is 17.4 Å². The number of aryl methyl sites for hydroxylation is 2. The molecule has 1 aromatic heterocycles. The van der Waals surface area contributed by atoms with Crippen LogP contribution in [0.3, 0.4) is 0 Å². The summed E-state index contributed by atoms with van der Waals surface area (Å²) < 4.78 is 5.73. The highest BCUT2D eigenvalue weighted by Gasteiger charge is 2.23. The lowest BCUT2D eigenvalue weighted by Gasteiger charge is -2.29. The van der Waals surface area contributed by atoms with Crippen LogP contribution in [-0.4, -0.2) is 6.61 Å². The Kier molecular flexibility index (Phi) is 3.81. The van der Waals surface area contributed by atoms with Gasteiger partial charge in [0.1, 0.15) is 5.75 Å². The Labute approximate surface area is 124 Å². The lowest BCUT2D eigenvalue weighted by molar-refractivity contribution is 0.246. The van der Waals surface area contributed by atoms with Gasteiger partial charge in [0.2, 0.25) is 0 Å². The molecule has 0 fully saturated rings. The summed E-state index contributed by atoms with van der Waals surface area (Å²) >= 11 is 1.88. The Morgan fingerprint density at radius 1 is 1.30 bits per heavy atom. The lowest BCUT2D eigenvalue weighted by Crippen LogP contribution is -2.29. The Bertz CT molecular complexity index is 605. The second kappa shape index (κ2) is 5.58. The molecule has 0 radical (unpaired) electrons. The van der Waals surface area contributed by atoms with Gasteiger partial charge in [-0.15, -0.1) is 11.3 Å². The normalized spacial score (nSPS) is 19.2. The first kappa shape index (κ1) is 13.7. The first-order valence-electron chi connectivity index (χ1n) is 7.20. The van der Waals surface area contributed by atoms with Crippen LogP contribution in [0, 0.1) is 13.8 Å². The summed E-state index contributed by atoms with van der Waals surface area (Å²) in [5.74, 6) is 1.03. The van der Waals surface area contributed by atoms with E-state index in [0.29, 0.717) is 12.1 Å². The van der Waals surface area contributed by atoms with Gasteiger partial charge in [-0.25, -0.2) is 0 Å². The molecule has 3 heteroatoms. The van der Waals surface area contributed by atoms with E-state index in [4.69, 9.17) is 4.74 Å². The fourth-order valence-corrected chi connectivity index (χ4v) is 4.01. The molecule has 0 spiro atoms. The van der Waals surface area contributed by atoms with E-state index in [2.05, 4.69) is 50.4 Å². The fourth-order valence-electron chi connectivity index (χ4n) is 2.99. The molecule has 0 saturated carbocycles. The highest BCUT2D eigenvalue weighted by atomic mass is 32.1. The van der Waals surface area contributed by atoms with Crippen LogP contribution < -0.4 is 10.1 Å². The van der Waals surface area contributed by atoms with Gasteiger partial charge in [0.15, 0.2) is 0 Å². The molecule has 2 unspecified atom stereocenters. The van der Waals surface area contributed by atoms with E-state index >= 15 is 0 Å². The molecule has 1 aliphatic heterocycles. The number of nitrogens with one attached hydrogen (secondary N) is 1. The number of ether oxygens (including phenoxy) is 1. The maximum Gasteiger partial charge on any atom is 0.124 e. The van der Waals surface area contributed by atoms with Crippen molar-refractivity contribution >= 4 is 11.3 Å². The summed E-state index contributed by atoms with van der Waals surface area (Å²) in [4.78, 5) is 2.81. The topological polar surface area (TPSA) is 21.3 Å². The Morgan fingerprint density at radius 2 is 2.10 bits per heavy atom. The number of benzene rings is 1. The predicted molar refractivity (Wildman–Crippen MR) is 84.6 cm³/mol. The molecule has 1 aliphatic rings. The van der Waals surface area contributed by atoms with Crippen molar-refractivity contribution in [2.45, 2.75) is 39.3 Å². The molecule has 0 aliphatic carbocycles. The average molecular weight is 287 g/mol. The summed E-state index contributed by atoms with van der Waals surface area (Å²) in [5, 5.41) is 3.77. The minimum Gasteiger partial charge on any atom is -0.493 e. The number of hydrogen-bond donors (Lipinski definition) is 1. The zero-order chi connectivity index (χ0) is 14.1. The Balaban J connectivity index is 1.80. The largest absolute Gasteiger partial charge is 0.493 e. The molecule has 3 rings (SSSR count). The van der Waals surface area contributed by atoms with Gasteiger partial charge in [0, 0.05) is 33.8 Å². The fraction of sp³-hybridized carbons (Fsp3) is 0.412. The number of para-hydroxylation sites is 1. The lowest BCUT2D eigenvalue weighted by atomic mass is 9.98. The molecule has 0 saturated heterocycles. The standard InChI is InChI=1S/C17H21NOS/c1-11-10-15(13(3)20-11)12(2)18-16-8-9-19-17-7-5-4-6-14(16)17/h4-7,10,12,16,18H,8-9H2,1-3H3. The van der Waals surface area contributed by atoms with Crippen molar-refractivity contribution in [3.63, 3.8) is 0 Å². The van der Waals surface area contributed by atoms with Gasteiger partial charge in [-0.3, -0.25) is 0 Å². The van der Waals surface area contributed by atoms with E-state index < -0.39 is 0 Å². The quantitative estimate of drug-likeness (QED) is 0.895. The zero-order valence-corrected chi connectivity index (χ0v) is 13.1. The van der Waals surface area contributed by atoms with Gasteiger partial charge in [0.25, 0.3) is 0 Å². The van der Waals surface area contributed by atoms with Crippen molar-refractivity contribution in [3.05, 3.63) is 51.2 Å². The van der Waals surface area contributed by atoms with Gasteiger partial charge >= 0.3 is 0 Å². The Morgan fingerprint density at radius 3 is 2.85 bits per heavy atom. The molecule has 0 bridgehead atoms. The summed E-state index contributed by atoms with van der Waals surface area (Å²) in [6.45, 7) is 7.44. The molecule has 1 N–H and O–H groups in total. The smallest absolute Gasteiger partial charge is 0.124 e. The average Bonchev–Trinajstić information content (AvgIpc) is 2.78. The van der Waals surface area contributed by atoms with Gasteiger partial charge in [0.05, 0.1) is 6.61 Å². The number of rotatable bonds is 3. The van der Waals surface area contributed by atoms with Crippen molar-refractivity contribution in [1.29, 1.82) is 0 Å². The van der Waals surface area contributed by atoms with E-state index in [9.17, 15) is 0 Å². The van der Waals surface area contributed by atoms with Gasteiger partial charge < -0.3 is 10.1 Å². The number of fused-ring (bicyclic) bond motifs is 1. The van der Waals surface area contributed by atoms with Crippen LogP contribution >= 0.6 is 11.3 Å². The molecular formula is C17H21NOS. The second-order valence-electron chi connectivity index (χ2n) is 5.48. The van der Waals surface area contributed by atoms with Crippen LogP contribution in [0.2, 0.25) is 0 Å². The molecule has 2 nitrogen and oxygen atoms in total. The molecule has 2 heterocycles. The minimum atomic E-state index is 0.371. The van der Waals surface area contributed by atoms with Crippen molar-refractivity contribution in [3.8, 4) is 5.75 Å². The summed E-state index contributed by atoms with van der Waals surface area (Å²) in [6.07, 6.45) is 1.03. The van der Waals surface area contributed by atoms with Crippen LogP contribution in [0.4, 0.5) is 0 Å². The SMILES string of the molecule is Cc1cc(C(C)NC2CCOc3ccccc32)c(C)s1. The van der Waals surface area contributed by atoms with Crippen LogP contribution in [0.5, 0.6) is 5.75 Å². The molecule has 2 atom stereocenters.